The number of aryl methyl sites for hydroxylation is 2. The Balaban J connectivity index is 1.44. The van der Waals surface area contributed by atoms with Crippen LogP contribution in [-0.2, 0) is 17.8 Å². The quantitative estimate of drug-likeness (QED) is 0.437. The topological polar surface area (TPSA) is 59.8 Å². The lowest BCUT2D eigenvalue weighted by molar-refractivity contribution is -0.116. The van der Waals surface area contributed by atoms with Gasteiger partial charge in [0, 0.05) is 29.7 Å². The van der Waals surface area contributed by atoms with E-state index in [4.69, 9.17) is 16.6 Å². The van der Waals surface area contributed by atoms with Crippen LogP contribution >= 0.6 is 11.6 Å². The molecule has 30 heavy (non-hydrogen) atoms. The average molecular weight is 419 g/mol. The third-order valence-corrected chi connectivity index (χ3v) is 5.23. The highest BCUT2D eigenvalue weighted by Crippen LogP contribution is 2.19. The van der Waals surface area contributed by atoms with Crippen LogP contribution in [0.5, 0.6) is 0 Å². The molecule has 0 unspecified atom stereocenters. The van der Waals surface area contributed by atoms with Crippen molar-refractivity contribution >= 4 is 34.4 Å². The molecular formula is C24H23ClN4O. The first-order valence-corrected chi connectivity index (χ1v) is 10.4. The van der Waals surface area contributed by atoms with Crippen LogP contribution in [0.1, 0.15) is 29.8 Å². The smallest absolute Gasteiger partial charge is 0.224 e. The number of nitrogens with zero attached hydrogens (tertiary/aromatic N) is 3. The molecule has 0 aliphatic rings. The minimum atomic E-state index is -0.0170. The molecule has 2 aromatic heterocycles. The number of carbonyl (C=O) groups is 1. The number of fused-ring (bicyclic) bond motifs is 1. The van der Waals surface area contributed by atoms with E-state index < -0.39 is 0 Å². The SMILES string of the molecule is Cc1ccc(Cn2c(CCCC(=O)Nc3ccc(Cl)cc3)nc3cccnc32)cc1. The Labute approximate surface area is 180 Å². The molecule has 1 N–H and O–H groups in total. The second-order valence-corrected chi connectivity index (χ2v) is 7.79. The summed E-state index contributed by atoms with van der Waals surface area (Å²) < 4.78 is 2.15. The van der Waals surface area contributed by atoms with E-state index in [0.29, 0.717) is 30.8 Å². The summed E-state index contributed by atoms with van der Waals surface area (Å²) in [5, 5.41) is 3.55. The number of carbonyl (C=O) groups excluding carboxylic acids is 1. The van der Waals surface area contributed by atoms with E-state index in [2.05, 4.69) is 46.1 Å². The third-order valence-electron chi connectivity index (χ3n) is 4.98. The lowest BCUT2D eigenvalue weighted by atomic mass is 10.1. The molecule has 0 fully saturated rings. The number of pyridine rings is 1. The molecule has 0 bridgehead atoms. The van der Waals surface area contributed by atoms with Crippen molar-refractivity contribution in [2.75, 3.05) is 5.32 Å². The molecule has 0 saturated carbocycles. The highest BCUT2D eigenvalue weighted by atomic mass is 35.5. The monoisotopic (exact) mass is 418 g/mol. The van der Waals surface area contributed by atoms with Crippen molar-refractivity contribution < 1.29 is 4.79 Å². The normalized spacial score (nSPS) is 11.0. The van der Waals surface area contributed by atoms with E-state index in [1.165, 1.54) is 11.1 Å². The maximum absolute atomic E-state index is 12.3. The van der Waals surface area contributed by atoms with Gasteiger partial charge in [0.1, 0.15) is 11.3 Å². The van der Waals surface area contributed by atoms with E-state index in [0.717, 1.165) is 22.7 Å². The van der Waals surface area contributed by atoms with Crippen LogP contribution in [0.4, 0.5) is 5.69 Å². The molecule has 152 valence electrons. The number of aromatic nitrogens is 3. The van der Waals surface area contributed by atoms with Crippen molar-refractivity contribution in [3.05, 3.63) is 88.8 Å². The zero-order valence-corrected chi connectivity index (χ0v) is 17.6. The van der Waals surface area contributed by atoms with Crippen LogP contribution in [0.25, 0.3) is 11.2 Å². The fraction of sp³-hybridized carbons (Fsp3) is 0.208. The number of nitrogens with one attached hydrogen (secondary N) is 1. The van der Waals surface area contributed by atoms with Crippen molar-refractivity contribution in [3.8, 4) is 0 Å². The summed E-state index contributed by atoms with van der Waals surface area (Å²) in [6.07, 6.45) is 3.62. The molecule has 5 nitrogen and oxygen atoms in total. The molecule has 0 radical (unpaired) electrons. The summed E-state index contributed by atoms with van der Waals surface area (Å²) in [5.41, 5.74) is 4.94. The Morgan fingerprint density at radius 3 is 2.60 bits per heavy atom. The van der Waals surface area contributed by atoms with E-state index >= 15 is 0 Å². The van der Waals surface area contributed by atoms with Gasteiger partial charge >= 0.3 is 0 Å². The van der Waals surface area contributed by atoms with Crippen LogP contribution in [-0.4, -0.2) is 20.4 Å². The summed E-state index contributed by atoms with van der Waals surface area (Å²) >= 11 is 5.89. The number of hydrogen-bond donors (Lipinski definition) is 1. The second kappa shape index (κ2) is 9.09. The van der Waals surface area contributed by atoms with E-state index in [-0.39, 0.29) is 5.91 Å². The van der Waals surface area contributed by atoms with Crippen LogP contribution in [0.15, 0.2) is 66.9 Å². The van der Waals surface area contributed by atoms with Gasteiger partial charge in [0.25, 0.3) is 0 Å². The Hall–Kier alpha value is -3.18. The molecule has 0 spiro atoms. The lowest BCUT2D eigenvalue weighted by Crippen LogP contribution is -2.12. The Kier molecular flexibility index (Phi) is 6.10. The molecule has 6 heteroatoms. The Bertz CT molecular complexity index is 1150. The first kappa shape index (κ1) is 20.1. The molecule has 0 atom stereocenters. The number of imidazole rings is 1. The number of anilines is 1. The zero-order valence-electron chi connectivity index (χ0n) is 16.8. The van der Waals surface area contributed by atoms with Gasteiger partial charge in [-0.3, -0.25) is 4.79 Å². The predicted octanol–water partition coefficient (Wildman–Crippen LogP) is 5.40. The van der Waals surface area contributed by atoms with E-state index in [1.54, 1.807) is 30.5 Å². The first-order chi connectivity index (χ1) is 14.6. The molecule has 1 amide bonds. The number of hydrogen-bond acceptors (Lipinski definition) is 3. The standard InChI is InChI=1S/C24H23ClN4O/c1-17-7-9-18(10-8-17)16-29-22(28-21-4-3-15-26-24(21)29)5-2-6-23(30)27-20-13-11-19(25)12-14-20/h3-4,7-15H,2,5-6,16H2,1H3,(H,27,30). The average Bonchev–Trinajstić information content (AvgIpc) is 3.09. The van der Waals surface area contributed by atoms with Crippen molar-refractivity contribution in [1.29, 1.82) is 0 Å². The molecular weight excluding hydrogens is 396 g/mol. The molecule has 2 heterocycles. The van der Waals surface area contributed by atoms with Crippen LogP contribution in [0.3, 0.4) is 0 Å². The number of halogens is 1. The fourth-order valence-electron chi connectivity index (χ4n) is 3.40. The van der Waals surface area contributed by atoms with Gasteiger partial charge in [0.2, 0.25) is 5.91 Å². The Morgan fingerprint density at radius 1 is 1.07 bits per heavy atom. The van der Waals surface area contributed by atoms with Gasteiger partial charge in [-0.25, -0.2) is 9.97 Å². The van der Waals surface area contributed by atoms with Crippen molar-refractivity contribution in [2.24, 2.45) is 0 Å². The predicted molar refractivity (Wildman–Crippen MR) is 121 cm³/mol. The summed E-state index contributed by atoms with van der Waals surface area (Å²) in [6.45, 7) is 2.79. The van der Waals surface area contributed by atoms with Crippen LogP contribution in [0, 0.1) is 6.92 Å². The van der Waals surface area contributed by atoms with Gasteiger partial charge in [-0.1, -0.05) is 41.4 Å². The summed E-state index contributed by atoms with van der Waals surface area (Å²) in [4.78, 5) is 21.6. The Morgan fingerprint density at radius 2 is 1.83 bits per heavy atom. The number of amides is 1. The minimum Gasteiger partial charge on any atom is -0.326 e. The van der Waals surface area contributed by atoms with E-state index in [1.807, 2.05) is 12.1 Å². The van der Waals surface area contributed by atoms with Gasteiger partial charge in [-0.2, -0.15) is 0 Å². The van der Waals surface area contributed by atoms with Crippen LogP contribution in [0.2, 0.25) is 5.02 Å². The van der Waals surface area contributed by atoms with Gasteiger partial charge in [-0.05, 0) is 55.3 Å². The summed E-state index contributed by atoms with van der Waals surface area (Å²) in [5.74, 6) is 0.931. The van der Waals surface area contributed by atoms with Crippen molar-refractivity contribution in [2.45, 2.75) is 32.7 Å². The maximum atomic E-state index is 12.3. The molecule has 0 aliphatic carbocycles. The van der Waals surface area contributed by atoms with Crippen molar-refractivity contribution in [1.82, 2.24) is 14.5 Å². The number of rotatable bonds is 7. The largest absolute Gasteiger partial charge is 0.326 e. The van der Waals surface area contributed by atoms with Crippen LogP contribution < -0.4 is 5.32 Å². The highest BCUT2D eigenvalue weighted by molar-refractivity contribution is 6.30. The molecule has 0 aliphatic heterocycles. The zero-order chi connectivity index (χ0) is 20.9. The maximum Gasteiger partial charge on any atom is 0.224 e. The highest BCUT2D eigenvalue weighted by Gasteiger charge is 2.13. The van der Waals surface area contributed by atoms with Gasteiger partial charge in [0.15, 0.2) is 5.65 Å². The summed E-state index contributed by atoms with van der Waals surface area (Å²) in [7, 11) is 0. The van der Waals surface area contributed by atoms with Gasteiger partial charge in [-0.15, -0.1) is 0 Å². The molecule has 2 aromatic carbocycles. The second-order valence-electron chi connectivity index (χ2n) is 7.35. The number of benzene rings is 2. The molecule has 4 aromatic rings. The summed E-state index contributed by atoms with van der Waals surface area (Å²) in [6, 6.07) is 19.5. The van der Waals surface area contributed by atoms with Gasteiger partial charge < -0.3 is 9.88 Å². The fourth-order valence-corrected chi connectivity index (χ4v) is 3.53. The first-order valence-electron chi connectivity index (χ1n) is 9.99. The van der Waals surface area contributed by atoms with Gasteiger partial charge in [0.05, 0.1) is 6.54 Å². The lowest BCUT2D eigenvalue weighted by Gasteiger charge is -2.10. The minimum absolute atomic E-state index is 0.0170. The third kappa shape index (κ3) is 4.86. The van der Waals surface area contributed by atoms with Crippen molar-refractivity contribution in [3.63, 3.8) is 0 Å². The van der Waals surface area contributed by atoms with E-state index in [9.17, 15) is 4.79 Å². The molecule has 4 rings (SSSR count). The molecule has 0 saturated heterocycles.